The molecule has 0 unspecified atom stereocenters. The zero-order valence-corrected chi connectivity index (χ0v) is 15.0. The van der Waals surface area contributed by atoms with Crippen molar-refractivity contribution in [1.82, 2.24) is 25.1 Å². The summed E-state index contributed by atoms with van der Waals surface area (Å²) in [6.07, 6.45) is 8.85. The van der Waals surface area contributed by atoms with Crippen LogP contribution in [0.4, 0.5) is 5.95 Å². The molecule has 4 heterocycles. The lowest BCUT2D eigenvalue weighted by Crippen LogP contribution is -2.05. The highest BCUT2D eigenvalue weighted by atomic mass is 16.5. The van der Waals surface area contributed by atoms with Gasteiger partial charge in [0.05, 0.1) is 17.0 Å². The van der Waals surface area contributed by atoms with E-state index in [-0.39, 0.29) is 0 Å². The Bertz CT molecular complexity index is 1030. The third kappa shape index (κ3) is 3.52. The second-order valence-electron chi connectivity index (χ2n) is 6.10. The zero-order chi connectivity index (χ0) is 18.6. The van der Waals surface area contributed by atoms with E-state index in [0.29, 0.717) is 12.5 Å². The van der Waals surface area contributed by atoms with Crippen LogP contribution in [0.25, 0.3) is 22.4 Å². The molecule has 27 heavy (non-hydrogen) atoms. The van der Waals surface area contributed by atoms with Crippen LogP contribution < -0.4 is 5.32 Å². The monoisotopic (exact) mass is 358 g/mol. The first-order valence-electron chi connectivity index (χ1n) is 8.56. The third-order valence-electron chi connectivity index (χ3n) is 4.25. The molecule has 4 aromatic rings. The topological polar surface area (TPSA) is 89.6 Å². The molecule has 0 bridgehead atoms. The second kappa shape index (κ2) is 7.33. The minimum atomic E-state index is 0.541. The fraction of sp³-hybridized carbons (Fsp3) is 0.150. The third-order valence-corrected chi connectivity index (χ3v) is 4.25. The Morgan fingerprint density at radius 1 is 0.963 bits per heavy atom. The molecule has 0 aliphatic heterocycles. The van der Waals surface area contributed by atoms with E-state index in [0.717, 1.165) is 39.4 Å². The number of aromatic nitrogens is 5. The standard InChI is InChI=1S/C20H18N6O/c1-13-18(14(2)27-26-13)19-17(16-5-9-22-10-6-16)12-24-20(25-19)23-11-15-3-7-21-8-4-15/h3-10,12H,11H2,1-2H3,(H,23,24,25). The largest absolute Gasteiger partial charge is 0.361 e. The first kappa shape index (κ1) is 16.8. The van der Waals surface area contributed by atoms with Gasteiger partial charge in [0.1, 0.15) is 5.76 Å². The molecule has 0 atom stereocenters. The molecule has 0 aliphatic carbocycles. The summed E-state index contributed by atoms with van der Waals surface area (Å²) in [4.78, 5) is 17.4. The van der Waals surface area contributed by atoms with Crippen LogP contribution in [0.1, 0.15) is 17.0 Å². The highest BCUT2D eigenvalue weighted by Gasteiger charge is 2.19. The maximum atomic E-state index is 5.36. The molecule has 0 aromatic carbocycles. The molecular formula is C20H18N6O. The maximum Gasteiger partial charge on any atom is 0.223 e. The van der Waals surface area contributed by atoms with Crippen molar-refractivity contribution in [2.24, 2.45) is 0 Å². The smallest absolute Gasteiger partial charge is 0.223 e. The normalized spacial score (nSPS) is 10.7. The summed E-state index contributed by atoms with van der Waals surface area (Å²) in [6, 6.07) is 7.77. The maximum absolute atomic E-state index is 5.36. The van der Waals surface area contributed by atoms with Crippen LogP contribution in [-0.4, -0.2) is 25.1 Å². The molecular weight excluding hydrogens is 340 g/mol. The molecule has 0 amide bonds. The average Bonchev–Trinajstić information content (AvgIpc) is 3.06. The van der Waals surface area contributed by atoms with Gasteiger partial charge >= 0.3 is 0 Å². The lowest BCUT2D eigenvalue weighted by Gasteiger charge is -2.11. The number of anilines is 1. The van der Waals surface area contributed by atoms with E-state index in [4.69, 9.17) is 9.51 Å². The van der Waals surface area contributed by atoms with Crippen LogP contribution in [0.15, 0.2) is 59.8 Å². The molecule has 0 spiro atoms. The minimum Gasteiger partial charge on any atom is -0.361 e. The predicted molar refractivity (Wildman–Crippen MR) is 102 cm³/mol. The Morgan fingerprint density at radius 3 is 2.33 bits per heavy atom. The van der Waals surface area contributed by atoms with E-state index < -0.39 is 0 Å². The van der Waals surface area contributed by atoms with Crippen LogP contribution in [0.3, 0.4) is 0 Å². The molecule has 134 valence electrons. The van der Waals surface area contributed by atoms with Crippen molar-refractivity contribution in [3.8, 4) is 22.4 Å². The van der Waals surface area contributed by atoms with Gasteiger partial charge in [-0.3, -0.25) is 9.97 Å². The molecule has 4 rings (SSSR count). The van der Waals surface area contributed by atoms with E-state index in [9.17, 15) is 0 Å². The van der Waals surface area contributed by atoms with Crippen LogP contribution in [0.2, 0.25) is 0 Å². The summed E-state index contributed by atoms with van der Waals surface area (Å²) < 4.78 is 5.36. The van der Waals surface area contributed by atoms with Crippen molar-refractivity contribution in [2.75, 3.05) is 5.32 Å². The number of aryl methyl sites for hydroxylation is 2. The van der Waals surface area contributed by atoms with Gasteiger partial charge in [-0.2, -0.15) is 0 Å². The highest BCUT2D eigenvalue weighted by molar-refractivity contribution is 5.82. The number of pyridine rings is 2. The van der Waals surface area contributed by atoms with Gasteiger partial charge in [-0.1, -0.05) is 5.16 Å². The second-order valence-corrected chi connectivity index (χ2v) is 6.10. The Balaban J connectivity index is 1.75. The van der Waals surface area contributed by atoms with E-state index in [1.807, 2.05) is 44.3 Å². The zero-order valence-electron chi connectivity index (χ0n) is 15.0. The molecule has 7 heteroatoms. The predicted octanol–water partition coefficient (Wildman–Crippen LogP) is 3.82. The van der Waals surface area contributed by atoms with Crippen molar-refractivity contribution in [1.29, 1.82) is 0 Å². The first-order valence-corrected chi connectivity index (χ1v) is 8.56. The molecule has 7 nitrogen and oxygen atoms in total. The molecule has 0 aliphatic rings. The lowest BCUT2D eigenvalue weighted by atomic mass is 10.0. The Morgan fingerprint density at radius 2 is 1.67 bits per heavy atom. The van der Waals surface area contributed by atoms with Gasteiger partial charge in [0.25, 0.3) is 0 Å². The minimum absolute atomic E-state index is 0.541. The summed E-state index contributed by atoms with van der Waals surface area (Å²) in [5.41, 5.74) is 5.45. The summed E-state index contributed by atoms with van der Waals surface area (Å²) in [5.74, 6) is 1.27. The number of hydrogen-bond donors (Lipinski definition) is 1. The van der Waals surface area contributed by atoms with Crippen molar-refractivity contribution in [2.45, 2.75) is 20.4 Å². The summed E-state index contributed by atoms with van der Waals surface area (Å²) in [6.45, 7) is 4.41. The first-order chi connectivity index (χ1) is 13.2. The molecule has 4 aromatic heterocycles. The van der Waals surface area contributed by atoms with E-state index in [2.05, 4.69) is 25.4 Å². The average molecular weight is 358 g/mol. The van der Waals surface area contributed by atoms with Crippen LogP contribution in [-0.2, 0) is 6.54 Å². The van der Waals surface area contributed by atoms with Crippen molar-refractivity contribution >= 4 is 5.95 Å². The van der Waals surface area contributed by atoms with Gasteiger partial charge in [-0.05, 0) is 49.2 Å². The van der Waals surface area contributed by atoms with Gasteiger partial charge in [-0.15, -0.1) is 0 Å². The fourth-order valence-electron chi connectivity index (χ4n) is 2.90. The number of nitrogens with one attached hydrogen (secondary N) is 1. The Labute approximate surface area is 156 Å². The Kier molecular flexibility index (Phi) is 4.57. The van der Waals surface area contributed by atoms with Gasteiger partial charge in [0.2, 0.25) is 5.95 Å². The molecule has 0 radical (unpaired) electrons. The molecule has 0 fully saturated rings. The summed E-state index contributed by atoms with van der Waals surface area (Å²) >= 11 is 0. The molecule has 1 N–H and O–H groups in total. The quantitative estimate of drug-likeness (QED) is 0.580. The van der Waals surface area contributed by atoms with Gasteiger partial charge in [0.15, 0.2) is 0 Å². The number of rotatable bonds is 5. The SMILES string of the molecule is Cc1noc(C)c1-c1nc(NCc2ccncc2)ncc1-c1ccncc1. The van der Waals surface area contributed by atoms with Crippen molar-refractivity contribution < 1.29 is 4.52 Å². The fourth-order valence-corrected chi connectivity index (χ4v) is 2.90. The van der Waals surface area contributed by atoms with E-state index >= 15 is 0 Å². The van der Waals surface area contributed by atoms with Crippen molar-refractivity contribution in [3.05, 3.63) is 72.3 Å². The van der Waals surface area contributed by atoms with Gasteiger partial charge in [-0.25, -0.2) is 9.97 Å². The van der Waals surface area contributed by atoms with Gasteiger partial charge < -0.3 is 9.84 Å². The Hall–Kier alpha value is -3.61. The van der Waals surface area contributed by atoms with E-state index in [1.54, 1.807) is 24.8 Å². The summed E-state index contributed by atoms with van der Waals surface area (Å²) in [5, 5.41) is 7.34. The number of nitrogens with zero attached hydrogens (tertiary/aromatic N) is 5. The molecule has 0 saturated carbocycles. The van der Waals surface area contributed by atoms with Crippen LogP contribution in [0, 0.1) is 13.8 Å². The molecule has 0 saturated heterocycles. The van der Waals surface area contributed by atoms with Gasteiger partial charge in [0, 0.05) is 43.1 Å². The van der Waals surface area contributed by atoms with E-state index in [1.165, 1.54) is 0 Å². The summed E-state index contributed by atoms with van der Waals surface area (Å²) in [7, 11) is 0. The van der Waals surface area contributed by atoms with Crippen LogP contribution >= 0.6 is 0 Å². The van der Waals surface area contributed by atoms with Crippen LogP contribution in [0.5, 0.6) is 0 Å². The number of hydrogen-bond acceptors (Lipinski definition) is 7. The van der Waals surface area contributed by atoms with Crippen molar-refractivity contribution in [3.63, 3.8) is 0 Å². The lowest BCUT2D eigenvalue weighted by molar-refractivity contribution is 0.393. The highest BCUT2D eigenvalue weighted by Crippen LogP contribution is 2.34.